The first kappa shape index (κ1) is 13.7. The average Bonchev–Trinajstić information content (AvgIpc) is 2.29. The lowest BCUT2D eigenvalue weighted by atomic mass is 10.2. The Morgan fingerprint density at radius 2 is 1.89 bits per heavy atom. The number of carboxylic acids is 1. The Bertz CT molecular complexity index is 604. The van der Waals surface area contributed by atoms with Gasteiger partial charge < -0.3 is 21.0 Å². The number of nitrogens with two attached hydrogens (primary N) is 2. The van der Waals surface area contributed by atoms with E-state index in [0.717, 1.165) is 5.39 Å². The number of rotatable bonds is 1. The van der Waals surface area contributed by atoms with Crippen molar-refractivity contribution in [2.75, 3.05) is 5.73 Å². The molecule has 1 heterocycles. The van der Waals surface area contributed by atoms with Gasteiger partial charge in [0.2, 0.25) is 0 Å². The molecule has 0 saturated heterocycles. The number of benzene rings is 1. The highest BCUT2D eigenvalue weighted by Crippen LogP contribution is 2.14. The molecule has 1 aromatic carbocycles. The first-order chi connectivity index (χ1) is 8.40. The Kier molecular flexibility index (Phi) is 4.45. The SMILES string of the molecule is C[C@H](N)C(=O)O.Nc1ccc2ccc(=O)oc2c1. The van der Waals surface area contributed by atoms with Gasteiger partial charge in [-0.2, -0.15) is 0 Å². The molecule has 0 spiro atoms. The Morgan fingerprint density at radius 1 is 1.33 bits per heavy atom. The lowest BCUT2D eigenvalue weighted by Gasteiger charge is -1.95. The van der Waals surface area contributed by atoms with Gasteiger partial charge in [0.15, 0.2) is 0 Å². The van der Waals surface area contributed by atoms with Crippen molar-refractivity contribution in [3.05, 3.63) is 40.8 Å². The fourth-order valence-electron chi connectivity index (χ4n) is 1.08. The van der Waals surface area contributed by atoms with E-state index in [0.29, 0.717) is 11.3 Å². The average molecular weight is 250 g/mol. The molecule has 0 saturated carbocycles. The van der Waals surface area contributed by atoms with Crippen molar-refractivity contribution >= 4 is 22.6 Å². The van der Waals surface area contributed by atoms with Crippen LogP contribution in [0.3, 0.4) is 0 Å². The molecule has 5 N–H and O–H groups in total. The fraction of sp³-hybridized carbons (Fsp3) is 0.167. The second-order valence-electron chi connectivity index (χ2n) is 3.68. The van der Waals surface area contributed by atoms with Crippen LogP contribution in [-0.4, -0.2) is 17.1 Å². The first-order valence-corrected chi connectivity index (χ1v) is 5.18. The molecule has 6 nitrogen and oxygen atoms in total. The van der Waals surface area contributed by atoms with Crippen LogP contribution < -0.4 is 17.1 Å². The standard InChI is InChI=1S/C9H7NO2.C3H7NO2/c10-7-3-1-6-2-4-9(11)12-8(6)5-7;1-2(4)3(5)6/h1-5H,10H2;2H,4H2,1H3,(H,5,6)/t;2-/m.0/s1. The lowest BCUT2D eigenvalue weighted by molar-refractivity contribution is -0.138. The van der Waals surface area contributed by atoms with Crippen LogP contribution in [0, 0.1) is 0 Å². The highest BCUT2D eigenvalue weighted by Gasteiger charge is 1.99. The molecule has 1 atom stereocenters. The van der Waals surface area contributed by atoms with Gasteiger partial charge >= 0.3 is 11.6 Å². The molecule has 96 valence electrons. The lowest BCUT2D eigenvalue weighted by Crippen LogP contribution is -2.25. The molecule has 18 heavy (non-hydrogen) atoms. The number of carbonyl (C=O) groups is 1. The number of hydrogen-bond acceptors (Lipinski definition) is 5. The Hall–Kier alpha value is -2.34. The number of aliphatic carboxylic acids is 1. The van der Waals surface area contributed by atoms with Crippen LogP contribution in [0.4, 0.5) is 5.69 Å². The van der Waals surface area contributed by atoms with Gasteiger partial charge in [-0.3, -0.25) is 4.79 Å². The fourth-order valence-corrected chi connectivity index (χ4v) is 1.08. The van der Waals surface area contributed by atoms with Gasteiger partial charge in [0.25, 0.3) is 0 Å². The Labute approximate surface area is 103 Å². The van der Waals surface area contributed by atoms with E-state index in [-0.39, 0.29) is 5.63 Å². The van der Waals surface area contributed by atoms with Crippen LogP contribution >= 0.6 is 0 Å². The molecule has 2 rings (SSSR count). The molecule has 0 unspecified atom stereocenters. The van der Waals surface area contributed by atoms with Gasteiger partial charge in [-0.05, 0) is 25.1 Å². The van der Waals surface area contributed by atoms with Crippen LogP contribution in [0.1, 0.15) is 6.92 Å². The molecule has 0 radical (unpaired) electrons. The quantitative estimate of drug-likeness (QED) is 0.508. The number of hydrogen-bond donors (Lipinski definition) is 3. The van der Waals surface area contributed by atoms with E-state index >= 15 is 0 Å². The van der Waals surface area contributed by atoms with E-state index < -0.39 is 12.0 Å². The topological polar surface area (TPSA) is 120 Å². The van der Waals surface area contributed by atoms with Crippen molar-refractivity contribution in [1.82, 2.24) is 0 Å². The van der Waals surface area contributed by atoms with E-state index in [1.54, 1.807) is 18.2 Å². The maximum atomic E-state index is 10.8. The zero-order valence-electron chi connectivity index (χ0n) is 9.79. The molecule has 0 amide bonds. The summed E-state index contributed by atoms with van der Waals surface area (Å²) < 4.78 is 4.91. The third kappa shape index (κ3) is 3.91. The van der Waals surface area contributed by atoms with Gasteiger partial charge in [-0.25, -0.2) is 4.79 Å². The maximum Gasteiger partial charge on any atom is 0.336 e. The van der Waals surface area contributed by atoms with E-state index in [2.05, 4.69) is 0 Å². The van der Waals surface area contributed by atoms with Gasteiger partial charge in [0.05, 0.1) is 0 Å². The second kappa shape index (κ2) is 5.83. The summed E-state index contributed by atoms with van der Waals surface area (Å²) in [6, 6.07) is 7.58. The molecule has 0 fully saturated rings. The summed E-state index contributed by atoms with van der Waals surface area (Å²) >= 11 is 0. The van der Waals surface area contributed by atoms with Crippen molar-refractivity contribution < 1.29 is 14.3 Å². The first-order valence-electron chi connectivity index (χ1n) is 5.18. The largest absolute Gasteiger partial charge is 0.480 e. The molecule has 0 bridgehead atoms. The van der Waals surface area contributed by atoms with Crippen molar-refractivity contribution in [2.24, 2.45) is 5.73 Å². The summed E-state index contributed by atoms with van der Waals surface area (Å²) in [6.07, 6.45) is 0. The smallest absolute Gasteiger partial charge is 0.336 e. The molecule has 6 heteroatoms. The van der Waals surface area contributed by atoms with Crippen molar-refractivity contribution in [1.29, 1.82) is 0 Å². The minimum atomic E-state index is -0.963. The Balaban J connectivity index is 0.000000232. The van der Waals surface area contributed by atoms with Crippen molar-refractivity contribution in [2.45, 2.75) is 13.0 Å². The van der Waals surface area contributed by atoms with E-state index in [1.165, 1.54) is 13.0 Å². The van der Waals surface area contributed by atoms with Gasteiger partial charge in [-0.15, -0.1) is 0 Å². The molecular weight excluding hydrogens is 236 g/mol. The van der Waals surface area contributed by atoms with E-state index in [1.807, 2.05) is 6.07 Å². The van der Waals surface area contributed by atoms with Gasteiger partial charge in [0.1, 0.15) is 11.6 Å². The minimum absolute atomic E-state index is 0.354. The minimum Gasteiger partial charge on any atom is -0.480 e. The van der Waals surface area contributed by atoms with Gasteiger partial charge in [0, 0.05) is 23.2 Å². The van der Waals surface area contributed by atoms with Crippen LogP contribution in [0.5, 0.6) is 0 Å². The van der Waals surface area contributed by atoms with Crippen LogP contribution in [0.25, 0.3) is 11.0 Å². The maximum absolute atomic E-state index is 10.8. The summed E-state index contributed by atoms with van der Waals surface area (Å²) in [5, 5.41) is 8.74. The Morgan fingerprint density at radius 3 is 2.44 bits per heavy atom. The highest BCUT2D eigenvalue weighted by atomic mass is 16.4. The number of anilines is 1. The predicted molar refractivity (Wildman–Crippen MR) is 68.2 cm³/mol. The van der Waals surface area contributed by atoms with E-state index in [4.69, 9.17) is 21.0 Å². The zero-order valence-corrected chi connectivity index (χ0v) is 9.79. The molecule has 0 aliphatic rings. The zero-order chi connectivity index (χ0) is 13.7. The third-order valence-corrected chi connectivity index (χ3v) is 2.04. The van der Waals surface area contributed by atoms with Crippen molar-refractivity contribution in [3.8, 4) is 0 Å². The second-order valence-corrected chi connectivity index (χ2v) is 3.68. The summed E-state index contributed by atoms with van der Waals surface area (Å²) in [7, 11) is 0. The highest BCUT2D eigenvalue weighted by molar-refractivity contribution is 5.79. The summed E-state index contributed by atoms with van der Waals surface area (Å²) in [5.74, 6) is -0.963. The normalized spacial score (nSPS) is 11.4. The summed E-state index contributed by atoms with van der Waals surface area (Å²) in [6.45, 7) is 1.42. The number of nitrogen functional groups attached to an aromatic ring is 1. The summed E-state index contributed by atoms with van der Waals surface area (Å²) in [5.41, 5.74) is 11.1. The van der Waals surface area contributed by atoms with Crippen LogP contribution in [0.2, 0.25) is 0 Å². The predicted octanol–water partition coefficient (Wildman–Crippen LogP) is 0.793. The van der Waals surface area contributed by atoms with Crippen LogP contribution in [-0.2, 0) is 4.79 Å². The molecule has 0 aliphatic carbocycles. The molecule has 1 aromatic heterocycles. The number of carboxylic acid groups (broad SMARTS) is 1. The van der Waals surface area contributed by atoms with E-state index in [9.17, 15) is 9.59 Å². The molecule has 0 aliphatic heterocycles. The number of fused-ring (bicyclic) bond motifs is 1. The monoisotopic (exact) mass is 250 g/mol. The van der Waals surface area contributed by atoms with Crippen LogP contribution in [0.15, 0.2) is 39.5 Å². The molecular formula is C12H14N2O4. The third-order valence-electron chi connectivity index (χ3n) is 2.04. The van der Waals surface area contributed by atoms with Crippen molar-refractivity contribution in [3.63, 3.8) is 0 Å². The summed E-state index contributed by atoms with van der Waals surface area (Å²) in [4.78, 5) is 20.4. The molecule has 2 aromatic rings. The van der Waals surface area contributed by atoms with Gasteiger partial charge in [-0.1, -0.05) is 0 Å².